The van der Waals surface area contributed by atoms with Gasteiger partial charge >= 0.3 is 0 Å². The minimum Gasteiger partial charge on any atom is -0.390 e. The molecule has 6 nitrogen and oxygen atoms in total. The van der Waals surface area contributed by atoms with E-state index in [1.807, 2.05) is 31.2 Å². The molecule has 1 amide bonds. The number of para-hydroxylation sites is 1. The van der Waals surface area contributed by atoms with Crippen LogP contribution < -0.4 is 5.32 Å². The summed E-state index contributed by atoms with van der Waals surface area (Å²) in [5.41, 5.74) is 2.17. The summed E-state index contributed by atoms with van der Waals surface area (Å²) < 4.78 is 0. The summed E-state index contributed by atoms with van der Waals surface area (Å²) in [5.74, 6) is -0.362. The predicted molar refractivity (Wildman–Crippen MR) is 65.4 cm³/mol. The van der Waals surface area contributed by atoms with E-state index in [1.54, 1.807) is 0 Å². The van der Waals surface area contributed by atoms with Crippen LogP contribution in [-0.2, 0) is 6.61 Å². The van der Waals surface area contributed by atoms with Crippen LogP contribution in [-0.4, -0.2) is 33.1 Å². The highest BCUT2D eigenvalue weighted by Crippen LogP contribution is 2.13. The molecule has 6 heteroatoms. The molecule has 1 heterocycles. The molecule has 0 saturated heterocycles. The van der Waals surface area contributed by atoms with Gasteiger partial charge in [0, 0.05) is 7.05 Å². The largest absolute Gasteiger partial charge is 0.390 e. The molecule has 2 rings (SSSR count). The molecule has 0 aliphatic rings. The Morgan fingerprint density at radius 1 is 1.39 bits per heavy atom. The molecule has 18 heavy (non-hydrogen) atoms. The molecular weight excluding hydrogens is 232 g/mol. The first-order chi connectivity index (χ1) is 8.67. The van der Waals surface area contributed by atoms with Crippen LogP contribution in [0.25, 0.3) is 5.69 Å². The fourth-order valence-corrected chi connectivity index (χ4v) is 1.63. The number of aromatic nitrogens is 3. The standard InChI is InChI=1S/C12H14N4O2/c1-8-5-3-4-6-10(8)16-14-9(7-17)11(15-16)12(18)13-2/h3-6,17H,7H2,1-2H3,(H,13,18). The van der Waals surface area contributed by atoms with Crippen LogP contribution in [0.3, 0.4) is 0 Å². The maximum Gasteiger partial charge on any atom is 0.273 e. The molecule has 0 radical (unpaired) electrons. The Hall–Kier alpha value is -2.21. The average Bonchev–Trinajstić information content (AvgIpc) is 2.82. The zero-order chi connectivity index (χ0) is 13.1. The van der Waals surface area contributed by atoms with Gasteiger partial charge in [-0.3, -0.25) is 4.79 Å². The molecule has 2 aromatic rings. The first kappa shape index (κ1) is 12.3. The third-order valence-electron chi connectivity index (χ3n) is 2.61. The number of aliphatic hydroxyl groups excluding tert-OH is 1. The minimum absolute atomic E-state index is 0.142. The number of hydrogen-bond acceptors (Lipinski definition) is 4. The lowest BCUT2D eigenvalue weighted by molar-refractivity contribution is 0.0954. The summed E-state index contributed by atoms with van der Waals surface area (Å²) in [6.45, 7) is 1.60. The van der Waals surface area contributed by atoms with E-state index >= 15 is 0 Å². The lowest BCUT2D eigenvalue weighted by Gasteiger charge is -2.02. The molecule has 0 aliphatic heterocycles. The van der Waals surface area contributed by atoms with Crippen LogP contribution in [0.4, 0.5) is 0 Å². The van der Waals surface area contributed by atoms with Gasteiger partial charge in [0.05, 0.1) is 12.3 Å². The highest BCUT2D eigenvalue weighted by Gasteiger charge is 2.17. The van der Waals surface area contributed by atoms with Crippen molar-refractivity contribution in [3.8, 4) is 5.69 Å². The van der Waals surface area contributed by atoms with Crippen molar-refractivity contribution >= 4 is 5.91 Å². The molecule has 0 unspecified atom stereocenters. The van der Waals surface area contributed by atoms with Crippen LogP contribution >= 0.6 is 0 Å². The fraction of sp³-hybridized carbons (Fsp3) is 0.250. The highest BCUT2D eigenvalue weighted by molar-refractivity contribution is 5.92. The number of nitrogens with zero attached hydrogens (tertiary/aromatic N) is 3. The van der Waals surface area contributed by atoms with Crippen LogP contribution in [0.1, 0.15) is 21.7 Å². The van der Waals surface area contributed by atoms with Crippen LogP contribution in [0, 0.1) is 6.92 Å². The molecule has 0 bridgehead atoms. The van der Waals surface area contributed by atoms with Gasteiger partial charge in [0.15, 0.2) is 5.69 Å². The molecule has 0 atom stereocenters. The third-order valence-corrected chi connectivity index (χ3v) is 2.61. The second-order valence-electron chi connectivity index (χ2n) is 3.81. The maximum absolute atomic E-state index is 11.6. The zero-order valence-corrected chi connectivity index (χ0v) is 10.2. The van der Waals surface area contributed by atoms with Gasteiger partial charge in [-0.2, -0.15) is 4.80 Å². The number of aryl methyl sites for hydroxylation is 1. The van der Waals surface area contributed by atoms with Crippen LogP contribution in [0.5, 0.6) is 0 Å². The molecule has 0 aliphatic carbocycles. The quantitative estimate of drug-likeness (QED) is 0.823. The van der Waals surface area contributed by atoms with Crippen molar-refractivity contribution in [1.29, 1.82) is 0 Å². The average molecular weight is 246 g/mol. The highest BCUT2D eigenvalue weighted by atomic mass is 16.3. The predicted octanol–water partition coefficient (Wildman–Crippen LogP) is 0.428. The molecule has 0 spiro atoms. The normalized spacial score (nSPS) is 10.4. The molecule has 0 saturated carbocycles. The molecule has 1 aromatic carbocycles. The number of benzene rings is 1. The number of nitrogens with one attached hydrogen (secondary N) is 1. The van der Waals surface area contributed by atoms with E-state index in [-0.39, 0.29) is 23.9 Å². The molecule has 94 valence electrons. The topological polar surface area (TPSA) is 80.0 Å². The third kappa shape index (κ3) is 2.10. The van der Waals surface area contributed by atoms with Gasteiger partial charge in [0.25, 0.3) is 5.91 Å². The van der Waals surface area contributed by atoms with Gasteiger partial charge in [0.2, 0.25) is 0 Å². The van der Waals surface area contributed by atoms with Crippen molar-refractivity contribution in [2.24, 2.45) is 0 Å². The number of carbonyl (C=O) groups excluding carboxylic acids is 1. The van der Waals surface area contributed by atoms with E-state index in [0.29, 0.717) is 0 Å². The van der Waals surface area contributed by atoms with E-state index in [2.05, 4.69) is 15.5 Å². The summed E-state index contributed by atoms with van der Waals surface area (Å²) in [6, 6.07) is 7.56. The summed E-state index contributed by atoms with van der Waals surface area (Å²) in [7, 11) is 1.51. The number of hydrogen-bond donors (Lipinski definition) is 2. The lowest BCUT2D eigenvalue weighted by Crippen LogP contribution is -2.20. The smallest absolute Gasteiger partial charge is 0.273 e. The number of carbonyl (C=O) groups is 1. The Balaban J connectivity index is 2.51. The molecular formula is C12H14N4O2. The first-order valence-electron chi connectivity index (χ1n) is 5.52. The van der Waals surface area contributed by atoms with Gasteiger partial charge in [-0.05, 0) is 18.6 Å². The fourth-order valence-electron chi connectivity index (χ4n) is 1.63. The van der Waals surface area contributed by atoms with E-state index in [1.165, 1.54) is 11.8 Å². The summed E-state index contributed by atoms with van der Waals surface area (Å²) in [4.78, 5) is 13.0. The summed E-state index contributed by atoms with van der Waals surface area (Å²) in [5, 5.41) is 19.9. The van der Waals surface area contributed by atoms with Crippen LogP contribution in [0.15, 0.2) is 24.3 Å². The van der Waals surface area contributed by atoms with Crippen molar-refractivity contribution in [2.75, 3.05) is 7.05 Å². The Bertz CT molecular complexity index is 577. The van der Waals surface area contributed by atoms with Crippen LogP contribution in [0.2, 0.25) is 0 Å². The van der Waals surface area contributed by atoms with Crippen molar-refractivity contribution in [3.05, 3.63) is 41.2 Å². The van der Waals surface area contributed by atoms with Crippen molar-refractivity contribution in [3.63, 3.8) is 0 Å². The number of aliphatic hydroxyl groups is 1. The Kier molecular flexibility index (Phi) is 3.38. The van der Waals surface area contributed by atoms with Crippen molar-refractivity contribution < 1.29 is 9.90 Å². The molecule has 1 aromatic heterocycles. The van der Waals surface area contributed by atoms with Crippen molar-refractivity contribution in [2.45, 2.75) is 13.5 Å². The Labute approximate surface area is 104 Å². The van der Waals surface area contributed by atoms with Gasteiger partial charge in [-0.25, -0.2) is 0 Å². The monoisotopic (exact) mass is 246 g/mol. The van der Waals surface area contributed by atoms with E-state index in [9.17, 15) is 9.90 Å². The zero-order valence-electron chi connectivity index (χ0n) is 10.2. The van der Waals surface area contributed by atoms with Gasteiger partial charge in [-0.1, -0.05) is 18.2 Å². The Morgan fingerprint density at radius 2 is 2.11 bits per heavy atom. The SMILES string of the molecule is CNC(=O)c1nn(-c2ccccc2C)nc1CO. The van der Waals surface area contributed by atoms with Gasteiger partial charge in [0.1, 0.15) is 5.69 Å². The van der Waals surface area contributed by atoms with Gasteiger partial charge in [-0.15, -0.1) is 10.2 Å². The van der Waals surface area contributed by atoms with Gasteiger partial charge < -0.3 is 10.4 Å². The van der Waals surface area contributed by atoms with E-state index in [4.69, 9.17) is 0 Å². The van der Waals surface area contributed by atoms with E-state index in [0.717, 1.165) is 11.3 Å². The Morgan fingerprint density at radius 3 is 2.72 bits per heavy atom. The summed E-state index contributed by atoms with van der Waals surface area (Å²) in [6.07, 6.45) is 0. The minimum atomic E-state index is -0.362. The summed E-state index contributed by atoms with van der Waals surface area (Å²) >= 11 is 0. The van der Waals surface area contributed by atoms with Crippen molar-refractivity contribution in [1.82, 2.24) is 20.3 Å². The number of amides is 1. The number of rotatable bonds is 3. The molecule has 0 fully saturated rings. The first-order valence-corrected chi connectivity index (χ1v) is 5.52. The second-order valence-corrected chi connectivity index (χ2v) is 3.81. The molecule has 2 N–H and O–H groups in total. The maximum atomic E-state index is 11.6. The van der Waals surface area contributed by atoms with E-state index < -0.39 is 0 Å². The second kappa shape index (κ2) is 4.97. The lowest BCUT2D eigenvalue weighted by atomic mass is 10.2.